The van der Waals surface area contributed by atoms with Crippen molar-refractivity contribution in [3.05, 3.63) is 12.2 Å². The summed E-state index contributed by atoms with van der Waals surface area (Å²) in [4.78, 5) is 2.56. The van der Waals surface area contributed by atoms with E-state index in [0.29, 0.717) is 0 Å². The van der Waals surface area contributed by atoms with Gasteiger partial charge in [-0.25, -0.2) is 0 Å². The van der Waals surface area contributed by atoms with Crippen LogP contribution in [0.25, 0.3) is 0 Å². The van der Waals surface area contributed by atoms with E-state index in [1.807, 2.05) is 0 Å². The molecule has 1 aliphatic rings. The summed E-state index contributed by atoms with van der Waals surface area (Å²) in [7, 11) is 0. The molecule has 1 fully saturated rings. The predicted octanol–water partition coefficient (Wildman–Crippen LogP) is 3.05. The van der Waals surface area contributed by atoms with Gasteiger partial charge in [-0.1, -0.05) is 19.9 Å². The molecule has 1 aliphatic heterocycles. The second kappa shape index (κ2) is 6.55. The van der Waals surface area contributed by atoms with Gasteiger partial charge in [-0.05, 0) is 51.6 Å². The second-order valence-corrected chi connectivity index (χ2v) is 6.53. The molecule has 2 heteroatoms. The molecular formula is C15H30N2. The van der Waals surface area contributed by atoms with E-state index in [1.54, 1.807) is 0 Å². The highest BCUT2D eigenvalue weighted by atomic mass is 15.1. The Labute approximate surface area is 107 Å². The van der Waals surface area contributed by atoms with Crippen LogP contribution >= 0.6 is 0 Å². The van der Waals surface area contributed by atoms with Gasteiger partial charge in [0, 0.05) is 25.2 Å². The lowest BCUT2D eigenvalue weighted by Crippen LogP contribution is -2.38. The third kappa shape index (κ3) is 6.23. The van der Waals surface area contributed by atoms with Gasteiger partial charge < -0.3 is 5.32 Å². The molecule has 100 valence electrons. The first-order valence-corrected chi connectivity index (χ1v) is 7.04. The number of rotatable bonds is 6. The van der Waals surface area contributed by atoms with Gasteiger partial charge in [0.05, 0.1) is 0 Å². The minimum absolute atomic E-state index is 0.193. The summed E-state index contributed by atoms with van der Waals surface area (Å²) in [5, 5.41) is 3.51. The Hall–Kier alpha value is -0.340. The Morgan fingerprint density at radius 2 is 2.12 bits per heavy atom. The first-order valence-electron chi connectivity index (χ1n) is 7.04. The highest BCUT2D eigenvalue weighted by Crippen LogP contribution is 2.21. The van der Waals surface area contributed by atoms with E-state index in [0.717, 1.165) is 19.0 Å². The van der Waals surface area contributed by atoms with Crippen LogP contribution in [-0.2, 0) is 0 Å². The second-order valence-electron chi connectivity index (χ2n) is 6.53. The van der Waals surface area contributed by atoms with Gasteiger partial charge in [-0.3, -0.25) is 4.90 Å². The van der Waals surface area contributed by atoms with Crippen LogP contribution in [0.5, 0.6) is 0 Å². The minimum atomic E-state index is 0.193. The number of nitrogens with one attached hydrogen (secondary N) is 1. The highest BCUT2D eigenvalue weighted by molar-refractivity contribution is 5.02. The number of nitrogens with zero attached hydrogens (tertiary/aromatic N) is 1. The van der Waals surface area contributed by atoms with Crippen LogP contribution in [0.1, 0.15) is 47.0 Å². The molecule has 1 saturated heterocycles. The summed E-state index contributed by atoms with van der Waals surface area (Å²) in [6.07, 6.45) is 4.10. The van der Waals surface area contributed by atoms with Crippen molar-refractivity contribution < 1.29 is 0 Å². The monoisotopic (exact) mass is 238 g/mol. The van der Waals surface area contributed by atoms with Crippen molar-refractivity contribution in [3.63, 3.8) is 0 Å². The molecule has 1 atom stereocenters. The average molecular weight is 238 g/mol. The van der Waals surface area contributed by atoms with Crippen LogP contribution in [0.4, 0.5) is 0 Å². The SMILES string of the molecule is C=C(CNC(C)(C)C)CN1CCC(CCC)C1. The van der Waals surface area contributed by atoms with E-state index in [1.165, 1.54) is 37.9 Å². The molecule has 1 unspecified atom stereocenters. The average Bonchev–Trinajstić information content (AvgIpc) is 2.62. The first kappa shape index (κ1) is 14.7. The van der Waals surface area contributed by atoms with Gasteiger partial charge in [-0.15, -0.1) is 0 Å². The zero-order valence-corrected chi connectivity index (χ0v) is 12.2. The lowest BCUT2D eigenvalue weighted by atomic mass is 10.0. The third-order valence-corrected chi connectivity index (χ3v) is 3.38. The zero-order valence-electron chi connectivity index (χ0n) is 12.2. The molecule has 0 aromatic rings. The van der Waals surface area contributed by atoms with E-state index in [9.17, 15) is 0 Å². The van der Waals surface area contributed by atoms with Crippen LogP contribution in [0, 0.1) is 5.92 Å². The Morgan fingerprint density at radius 3 is 2.71 bits per heavy atom. The van der Waals surface area contributed by atoms with E-state index in [-0.39, 0.29) is 5.54 Å². The number of hydrogen-bond donors (Lipinski definition) is 1. The van der Waals surface area contributed by atoms with Crippen molar-refractivity contribution in [1.82, 2.24) is 10.2 Å². The van der Waals surface area contributed by atoms with Crippen molar-refractivity contribution in [1.29, 1.82) is 0 Å². The van der Waals surface area contributed by atoms with Gasteiger partial charge >= 0.3 is 0 Å². The lowest BCUT2D eigenvalue weighted by molar-refractivity contribution is 0.338. The highest BCUT2D eigenvalue weighted by Gasteiger charge is 2.21. The third-order valence-electron chi connectivity index (χ3n) is 3.38. The molecule has 1 rings (SSSR count). The summed E-state index contributed by atoms with van der Waals surface area (Å²) in [6, 6.07) is 0. The predicted molar refractivity (Wildman–Crippen MR) is 76.4 cm³/mol. The molecule has 0 aromatic carbocycles. The zero-order chi connectivity index (χ0) is 12.9. The van der Waals surface area contributed by atoms with Crippen LogP contribution < -0.4 is 5.32 Å². The maximum absolute atomic E-state index is 4.19. The first-order chi connectivity index (χ1) is 7.90. The summed E-state index contributed by atoms with van der Waals surface area (Å²) in [5.74, 6) is 0.934. The van der Waals surface area contributed by atoms with Crippen molar-refractivity contribution in [2.45, 2.75) is 52.5 Å². The summed E-state index contributed by atoms with van der Waals surface area (Å²) < 4.78 is 0. The van der Waals surface area contributed by atoms with Crippen LogP contribution in [0.2, 0.25) is 0 Å². The van der Waals surface area contributed by atoms with Gasteiger partial charge in [-0.2, -0.15) is 0 Å². The Bertz CT molecular complexity index is 240. The van der Waals surface area contributed by atoms with E-state index < -0.39 is 0 Å². The molecule has 0 spiro atoms. The van der Waals surface area contributed by atoms with E-state index >= 15 is 0 Å². The maximum atomic E-state index is 4.19. The van der Waals surface area contributed by atoms with Gasteiger partial charge in [0.15, 0.2) is 0 Å². The topological polar surface area (TPSA) is 15.3 Å². The fourth-order valence-electron chi connectivity index (χ4n) is 2.46. The quantitative estimate of drug-likeness (QED) is 0.716. The molecule has 0 radical (unpaired) electrons. The normalized spacial score (nSPS) is 22.0. The Morgan fingerprint density at radius 1 is 1.41 bits per heavy atom. The van der Waals surface area contributed by atoms with E-state index in [2.05, 4.69) is 44.5 Å². The molecule has 1 heterocycles. The molecule has 0 aliphatic carbocycles. The lowest BCUT2D eigenvalue weighted by Gasteiger charge is -2.23. The van der Waals surface area contributed by atoms with Crippen molar-refractivity contribution >= 4 is 0 Å². The Kier molecular flexibility index (Phi) is 5.68. The van der Waals surface area contributed by atoms with Crippen molar-refractivity contribution in [3.8, 4) is 0 Å². The smallest absolute Gasteiger partial charge is 0.0202 e. The summed E-state index contributed by atoms with van der Waals surface area (Å²) >= 11 is 0. The summed E-state index contributed by atoms with van der Waals surface area (Å²) in [5.41, 5.74) is 1.51. The standard InChI is InChI=1S/C15H30N2/c1-6-7-14-8-9-17(12-14)11-13(2)10-16-15(3,4)5/h14,16H,2,6-12H2,1,3-5H3. The molecule has 1 N–H and O–H groups in total. The fraction of sp³-hybridized carbons (Fsp3) is 0.867. The molecule has 0 aromatic heterocycles. The molecule has 0 bridgehead atoms. The van der Waals surface area contributed by atoms with Crippen molar-refractivity contribution in [2.75, 3.05) is 26.2 Å². The number of likely N-dealkylation sites (tertiary alicyclic amines) is 1. The fourth-order valence-corrected chi connectivity index (χ4v) is 2.46. The molecular weight excluding hydrogens is 208 g/mol. The van der Waals surface area contributed by atoms with Crippen LogP contribution in [0.15, 0.2) is 12.2 Å². The van der Waals surface area contributed by atoms with Crippen LogP contribution in [-0.4, -0.2) is 36.6 Å². The van der Waals surface area contributed by atoms with Crippen molar-refractivity contribution in [2.24, 2.45) is 5.92 Å². The Balaban J connectivity index is 2.19. The minimum Gasteiger partial charge on any atom is -0.308 e. The maximum Gasteiger partial charge on any atom is 0.0202 e. The van der Waals surface area contributed by atoms with Gasteiger partial charge in [0.1, 0.15) is 0 Å². The van der Waals surface area contributed by atoms with Gasteiger partial charge in [0.25, 0.3) is 0 Å². The summed E-state index contributed by atoms with van der Waals surface area (Å²) in [6.45, 7) is 17.6. The molecule has 2 nitrogen and oxygen atoms in total. The van der Waals surface area contributed by atoms with Crippen LogP contribution in [0.3, 0.4) is 0 Å². The van der Waals surface area contributed by atoms with E-state index in [4.69, 9.17) is 0 Å². The van der Waals surface area contributed by atoms with Gasteiger partial charge in [0.2, 0.25) is 0 Å². The molecule has 17 heavy (non-hydrogen) atoms. The molecule has 0 amide bonds. The largest absolute Gasteiger partial charge is 0.308 e. The molecule has 0 saturated carbocycles. The number of hydrogen-bond acceptors (Lipinski definition) is 2.